The molecule has 1 aromatic rings. The molecule has 0 aliphatic carbocycles. The summed E-state index contributed by atoms with van der Waals surface area (Å²) in [5, 5.41) is 10.1. The standard InChI is InChI=1S/C16H22N2O3.C3H7N/c1-6-9-15(14-10-7-8-11-16(14)20-4)17(3)12-13(2)18(19)21-5;1-2-3-4/h6-11,19H,1-2,12H2,3-5H3;2-3H,4H2,1H3/b15-9-;3-2-. The van der Waals surface area contributed by atoms with E-state index in [2.05, 4.69) is 13.2 Å². The van der Waals surface area contributed by atoms with E-state index < -0.39 is 0 Å². The zero-order valence-corrected chi connectivity index (χ0v) is 15.5. The lowest BCUT2D eigenvalue weighted by atomic mass is 10.1. The number of hydrogen-bond donors (Lipinski definition) is 2. The van der Waals surface area contributed by atoms with Gasteiger partial charge in [0.15, 0.2) is 0 Å². The third kappa shape index (κ3) is 7.60. The summed E-state index contributed by atoms with van der Waals surface area (Å²) in [5.41, 5.74) is 7.08. The minimum atomic E-state index is 0.377. The first-order valence-corrected chi connectivity index (χ1v) is 7.67. The number of ether oxygens (including phenoxy) is 1. The number of allylic oxidation sites excluding steroid dienone is 3. The fraction of sp³-hybridized carbons (Fsp3) is 0.263. The number of nitrogens with zero attached hydrogens (tertiary/aromatic N) is 2. The average Bonchev–Trinajstić information content (AvgIpc) is 2.65. The second-order valence-corrected chi connectivity index (χ2v) is 4.89. The number of methoxy groups -OCH3 is 1. The van der Waals surface area contributed by atoms with Gasteiger partial charge in [0.05, 0.1) is 26.5 Å². The van der Waals surface area contributed by atoms with Crippen LogP contribution in [-0.2, 0) is 4.84 Å². The largest absolute Gasteiger partial charge is 0.496 e. The van der Waals surface area contributed by atoms with Crippen LogP contribution >= 0.6 is 0 Å². The zero-order valence-electron chi connectivity index (χ0n) is 15.5. The van der Waals surface area contributed by atoms with Gasteiger partial charge in [-0.15, -0.1) is 5.23 Å². The number of para-hydroxylation sites is 1. The molecule has 0 radical (unpaired) electrons. The van der Waals surface area contributed by atoms with Crippen molar-refractivity contribution in [1.82, 2.24) is 10.1 Å². The Morgan fingerprint density at radius 1 is 1.32 bits per heavy atom. The van der Waals surface area contributed by atoms with Gasteiger partial charge in [0.1, 0.15) is 5.75 Å². The fourth-order valence-corrected chi connectivity index (χ4v) is 1.94. The highest BCUT2D eigenvalue weighted by Gasteiger charge is 2.14. The molecule has 25 heavy (non-hydrogen) atoms. The van der Waals surface area contributed by atoms with Crippen molar-refractivity contribution in [3.8, 4) is 5.75 Å². The van der Waals surface area contributed by atoms with Crippen molar-refractivity contribution >= 4 is 5.70 Å². The van der Waals surface area contributed by atoms with Crippen LogP contribution in [0, 0.1) is 0 Å². The van der Waals surface area contributed by atoms with Gasteiger partial charge in [-0.1, -0.05) is 37.4 Å². The Kier molecular flexibility index (Phi) is 11.3. The number of rotatable bonds is 8. The van der Waals surface area contributed by atoms with Crippen LogP contribution in [-0.4, -0.2) is 43.1 Å². The van der Waals surface area contributed by atoms with Gasteiger partial charge in [-0.2, -0.15) is 0 Å². The molecular weight excluding hydrogens is 318 g/mol. The lowest BCUT2D eigenvalue weighted by Gasteiger charge is -2.26. The molecule has 138 valence electrons. The summed E-state index contributed by atoms with van der Waals surface area (Å²) in [7, 11) is 4.88. The molecule has 0 saturated carbocycles. The summed E-state index contributed by atoms with van der Waals surface area (Å²) in [6.45, 7) is 9.76. The molecule has 6 nitrogen and oxygen atoms in total. The first-order chi connectivity index (χ1) is 12.0. The van der Waals surface area contributed by atoms with E-state index in [1.807, 2.05) is 49.2 Å². The van der Waals surface area contributed by atoms with Crippen LogP contribution in [0.1, 0.15) is 12.5 Å². The lowest BCUT2D eigenvalue weighted by Crippen LogP contribution is -2.27. The Morgan fingerprint density at radius 2 is 1.92 bits per heavy atom. The van der Waals surface area contributed by atoms with E-state index in [9.17, 15) is 5.21 Å². The van der Waals surface area contributed by atoms with Gasteiger partial charge in [-0.05, 0) is 31.3 Å². The summed E-state index contributed by atoms with van der Waals surface area (Å²) in [4.78, 5) is 6.62. The maximum absolute atomic E-state index is 9.48. The second-order valence-electron chi connectivity index (χ2n) is 4.89. The van der Waals surface area contributed by atoms with Crippen molar-refractivity contribution in [1.29, 1.82) is 0 Å². The summed E-state index contributed by atoms with van der Waals surface area (Å²) in [6, 6.07) is 7.70. The van der Waals surface area contributed by atoms with Crippen molar-refractivity contribution in [2.75, 3.05) is 27.8 Å². The van der Waals surface area contributed by atoms with Crippen LogP contribution in [0.3, 0.4) is 0 Å². The van der Waals surface area contributed by atoms with Crippen LogP contribution in [0.2, 0.25) is 0 Å². The highest BCUT2D eigenvalue weighted by Crippen LogP contribution is 2.28. The van der Waals surface area contributed by atoms with Crippen LogP contribution < -0.4 is 10.5 Å². The first kappa shape index (κ1) is 22.3. The highest BCUT2D eigenvalue weighted by molar-refractivity contribution is 5.70. The molecule has 1 aromatic carbocycles. The quantitative estimate of drug-likeness (QED) is 0.555. The molecule has 0 aliphatic heterocycles. The molecule has 6 heteroatoms. The van der Waals surface area contributed by atoms with E-state index >= 15 is 0 Å². The van der Waals surface area contributed by atoms with Crippen LogP contribution in [0.4, 0.5) is 0 Å². The van der Waals surface area contributed by atoms with Gasteiger partial charge in [0, 0.05) is 18.3 Å². The molecule has 0 saturated heterocycles. The molecule has 0 bridgehead atoms. The predicted octanol–water partition coefficient (Wildman–Crippen LogP) is 3.40. The molecule has 0 aromatic heterocycles. The van der Waals surface area contributed by atoms with Crippen LogP contribution in [0.5, 0.6) is 5.75 Å². The van der Waals surface area contributed by atoms with E-state index in [0.717, 1.165) is 17.0 Å². The third-order valence-electron chi connectivity index (χ3n) is 3.13. The lowest BCUT2D eigenvalue weighted by molar-refractivity contribution is -0.300. The number of hydrogen-bond acceptors (Lipinski definition) is 6. The highest BCUT2D eigenvalue weighted by atomic mass is 16.9. The molecule has 0 unspecified atom stereocenters. The molecule has 3 N–H and O–H groups in total. The second kappa shape index (κ2) is 12.7. The summed E-state index contributed by atoms with van der Waals surface area (Å²) >= 11 is 0. The van der Waals surface area contributed by atoms with E-state index in [-0.39, 0.29) is 0 Å². The number of benzene rings is 1. The van der Waals surface area contributed by atoms with Gasteiger partial charge in [0.25, 0.3) is 0 Å². The Bertz CT molecular complexity index is 593. The van der Waals surface area contributed by atoms with E-state index in [4.69, 9.17) is 15.3 Å². The van der Waals surface area contributed by atoms with Crippen molar-refractivity contribution in [3.63, 3.8) is 0 Å². The molecule has 0 fully saturated rings. The Labute approximate surface area is 150 Å². The normalized spacial score (nSPS) is 10.7. The minimum Gasteiger partial charge on any atom is -0.496 e. The molecule has 0 aliphatic rings. The fourth-order valence-electron chi connectivity index (χ4n) is 1.94. The Hall–Kier alpha value is -2.70. The topological polar surface area (TPSA) is 71.2 Å². The summed E-state index contributed by atoms with van der Waals surface area (Å²) < 4.78 is 5.39. The first-order valence-electron chi connectivity index (χ1n) is 7.67. The van der Waals surface area contributed by atoms with Crippen LogP contribution in [0.15, 0.2) is 67.5 Å². The SMILES string of the molecule is C/C=C\N.C=C/C=C(/c1ccccc1OC)N(C)CC(=C)N(O)OC. The van der Waals surface area contributed by atoms with Crippen molar-refractivity contribution in [2.45, 2.75) is 6.92 Å². The molecule has 0 heterocycles. The van der Waals surface area contributed by atoms with E-state index in [1.54, 1.807) is 19.3 Å². The monoisotopic (exact) mass is 347 g/mol. The van der Waals surface area contributed by atoms with Crippen molar-refractivity contribution in [3.05, 3.63) is 73.1 Å². The zero-order chi connectivity index (χ0) is 19.2. The van der Waals surface area contributed by atoms with E-state index in [1.165, 1.54) is 13.3 Å². The van der Waals surface area contributed by atoms with Gasteiger partial charge >= 0.3 is 0 Å². The summed E-state index contributed by atoms with van der Waals surface area (Å²) in [5.74, 6) is 0.760. The molecule has 1 rings (SSSR count). The molecule has 0 amide bonds. The Morgan fingerprint density at radius 3 is 2.40 bits per heavy atom. The van der Waals surface area contributed by atoms with Crippen molar-refractivity contribution in [2.24, 2.45) is 5.73 Å². The van der Waals surface area contributed by atoms with Crippen molar-refractivity contribution < 1.29 is 14.8 Å². The van der Waals surface area contributed by atoms with Gasteiger partial charge in [-0.3, -0.25) is 10.0 Å². The van der Waals surface area contributed by atoms with Crippen LogP contribution in [0.25, 0.3) is 5.70 Å². The molecule has 0 atom stereocenters. The number of likely N-dealkylation sites (N-methyl/N-ethyl adjacent to an activating group) is 1. The van der Waals surface area contributed by atoms with E-state index in [0.29, 0.717) is 17.5 Å². The van der Waals surface area contributed by atoms with Gasteiger partial charge in [-0.25, -0.2) is 0 Å². The maximum Gasteiger partial charge on any atom is 0.128 e. The molecular formula is C19H29N3O3. The predicted molar refractivity (Wildman–Crippen MR) is 103 cm³/mol. The van der Waals surface area contributed by atoms with Gasteiger partial charge in [0.2, 0.25) is 0 Å². The summed E-state index contributed by atoms with van der Waals surface area (Å²) in [6.07, 6.45) is 6.85. The molecule has 0 spiro atoms. The third-order valence-corrected chi connectivity index (χ3v) is 3.13. The number of nitrogens with two attached hydrogens (primary N) is 1. The number of hydroxylamine groups is 2. The average molecular weight is 347 g/mol. The van der Waals surface area contributed by atoms with Gasteiger partial charge < -0.3 is 15.4 Å². The maximum atomic E-state index is 9.48. The smallest absolute Gasteiger partial charge is 0.128 e. The minimum absolute atomic E-state index is 0.377. The Balaban J connectivity index is 0.00000129.